The summed E-state index contributed by atoms with van der Waals surface area (Å²) in [5.74, 6) is -1.38. The first kappa shape index (κ1) is 19.1. The Morgan fingerprint density at radius 3 is 2.63 bits per heavy atom. The van der Waals surface area contributed by atoms with Crippen LogP contribution in [0.4, 0.5) is 0 Å². The molecule has 2 aromatic rings. The molecular weight excluding hydrogens is 342 g/mol. The largest absolute Gasteiger partial charge is 0.479 e. The van der Waals surface area contributed by atoms with Crippen molar-refractivity contribution in [2.24, 2.45) is 0 Å². The van der Waals surface area contributed by atoms with Crippen LogP contribution in [-0.2, 0) is 27.2 Å². The van der Waals surface area contributed by atoms with Crippen LogP contribution in [0.2, 0.25) is 0 Å². The van der Waals surface area contributed by atoms with Gasteiger partial charge in [-0.2, -0.15) is 0 Å². The normalized spacial score (nSPS) is 14.1. The van der Waals surface area contributed by atoms with Crippen molar-refractivity contribution >= 4 is 11.9 Å². The van der Waals surface area contributed by atoms with E-state index >= 15 is 0 Å². The fraction of sp³-hybridized carbons (Fsp3) is 0.364. The van der Waals surface area contributed by atoms with Crippen LogP contribution >= 0.6 is 0 Å². The summed E-state index contributed by atoms with van der Waals surface area (Å²) in [5, 5.41) is 11.9. The second-order valence-corrected chi connectivity index (χ2v) is 7.30. The number of hydrogen-bond acceptors (Lipinski definition) is 3. The predicted octanol–water partition coefficient (Wildman–Crippen LogP) is 3.19. The number of carbonyl (C=O) groups is 2. The molecule has 1 unspecified atom stereocenters. The van der Waals surface area contributed by atoms with Gasteiger partial charge in [0.2, 0.25) is 5.91 Å². The lowest BCUT2D eigenvalue weighted by Gasteiger charge is -2.25. The Labute approximate surface area is 159 Å². The number of methoxy groups -OCH3 is 1. The molecule has 1 aliphatic rings. The fourth-order valence-corrected chi connectivity index (χ4v) is 3.59. The van der Waals surface area contributed by atoms with Crippen LogP contribution in [0.5, 0.6) is 0 Å². The average Bonchev–Trinajstić information content (AvgIpc) is 3.00. The third-order valence-electron chi connectivity index (χ3n) is 5.05. The van der Waals surface area contributed by atoms with Gasteiger partial charge in [0.05, 0.1) is 6.61 Å². The molecular formula is C22H25NO4. The number of ether oxygens (including phenoxy) is 1. The van der Waals surface area contributed by atoms with E-state index in [0.29, 0.717) is 6.42 Å². The highest BCUT2D eigenvalue weighted by Gasteiger charge is 2.34. The first-order valence-corrected chi connectivity index (χ1v) is 9.16. The summed E-state index contributed by atoms with van der Waals surface area (Å²) >= 11 is 0. The number of benzene rings is 2. The molecule has 5 nitrogen and oxygen atoms in total. The van der Waals surface area contributed by atoms with Crippen molar-refractivity contribution < 1.29 is 19.4 Å². The number of hydrogen-bond donors (Lipinski definition) is 2. The zero-order chi connectivity index (χ0) is 19.4. The first-order chi connectivity index (χ1) is 12.9. The van der Waals surface area contributed by atoms with E-state index in [4.69, 9.17) is 4.74 Å². The summed E-state index contributed by atoms with van der Waals surface area (Å²) in [5.41, 5.74) is 5.07. The molecule has 0 spiro atoms. The van der Waals surface area contributed by atoms with Crippen LogP contribution < -0.4 is 5.32 Å². The predicted molar refractivity (Wildman–Crippen MR) is 104 cm³/mol. The number of carboxylic acid groups (broad SMARTS) is 1. The van der Waals surface area contributed by atoms with E-state index in [-0.39, 0.29) is 18.9 Å². The smallest absolute Gasteiger partial charge is 0.331 e. The second kappa shape index (κ2) is 7.92. The van der Waals surface area contributed by atoms with Crippen molar-refractivity contribution in [3.63, 3.8) is 0 Å². The van der Waals surface area contributed by atoms with Crippen molar-refractivity contribution in [1.29, 1.82) is 0 Å². The third kappa shape index (κ3) is 4.19. The Hall–Kier alpha value is -2.66. The van der Waals surface area contributed by atoms with Crippen molar-refractivity contribution in [3.05, 3.63) is 59.2 Å². The molecule has 1 atom stereocenters. The van der Waals surface area contributed by atoms with Crippen LogP contribution in [0.15, 0.2) is 42.5 Å². The molecule has 2 aromatic carbocycles. The van der Waals surface area contributed by atoms with E-state index in [2.05, 4.69) is 47.8 Å². The van der Waals surface area contributed by atoms with Crippen molar-refractivity contribution in [3.8, 4) is 11.1 Å². The zero-order valence-corrected chi connectivity index (χ0v) is 15.7. The number of carboxylic acids is 1. The molecule has 0 bridgehead atoms. The monoisotopic (exact) mass is 367 g/mol. The number of carbonyl (C=O) groups excluding carboxylic acids is 1. The van der Waals surface area contributed by atoms with Crippen molar-refractivity contribution in [1.82, 2.24) is 5.32 Å². The summed E-state index contributed by atoms with van der Waals surface area (Å²) in [4.78, 5) is 23.5. The second-order valence-electron chi connectivity index (χ2n) is 7.30. The van der Waals surface area contributed by atoms with E-state index in [9.17, 15) is 14.7 Å². The number of fused-ring (bicyclic) bond motifs is 3. The van der Waals surface area contributed by atoms with Crippen molar-refractivity contribution in [2.45, 2.75) is 38.1 Å². The molecule has 27 heavy (non-hydrogen) atoms. The van der Waals surface area contributed by atoms with Gasteiger partial charge in [-0.25, -0.2) is 4.79 Å². The molecule has 0 heterocycles. The summed E-state index contributed by atoms with van der Waals surface area (Å²) in [6, 6.07) is 15.0. The molecule has 0 saturated carbocycles. The van der Waals surface area contributed by atoms with Gasteiger partial charge >= 0.3 is 5.97 Å². The van der Waals surface area contributed by atoms with Gasteiger partial charge in [0, 0.05) is 13.5 Å². The highest BCUT2D eigenvalue weighted by molar-refractivity contribution is 5.86. The first-order valence-electron chi connectivity index (χ1n) is 9.16. The van der Waals surface area contributed by atoms with Gasteiger partial charge in [0.1, 0.15) is 0 Å². The minimum atomic E-state index is -1.40. The Morgan fingerprint density at radius 1 is 1.15 bits per heavy atom. The molecule has 0 radical (unpaired) electrons. The van der Waals surface area contributed by atoms with Gasteiger partial charge in [-0.1, -0.05) is 42.5 Å². The Bertz CT molecular complexity index is 861. The maximum atomic E-state index is 12.1. The summed E-state index contributed by atoms with van der Waals surface area (Å²) in [7, 11) is 1.42. The van der Waals surface area contributed by atoms with E-state index in [1.165, 1.54) is 41.9 Å². The van der Waals surface area contributed by atoms with Gasteiger partial charge in [0.15, 0.2) is 5.54 Å². The highest BCUT2D eigenvalue weighted by atomic mass is 16.5. The number of amides is 1. The minimum absolute atomic E-state index is 0.0711. The Kier molecular flexibility index (Phi) is 5.61. The van der Waals surface area contributed by atoms with Gasteiger partial charge in [-0.3, -0.25) is 4.79 Å². The Balaban J connectivity index is 1.58. The summed E-state index contributed by atoms with van der Waals surface area (Å²) in [6.45, 7) is 1.38. The lowest BCUT2D eigenvalue weighted by Crippen LogP contribution is -2.55. The number of rotatable bonds is 8. The number of aliphatic carboxylic acids is 1. The van der Waals surface area contributed by atoms with E-state index in [1.807, 2.05) is 0 Å². The van der Waals surface area contributed by atoms with E-state index < -0.39 is 11.5 Å². The fourth-order valence-electron chi connectivity index (χ4n) is 3.59. The van der Waals surface area contributed by atoms with E-state index in [1.54, 1.807) is 0 Å². The van der Waals surface area contributed by atoms with Gasteiger partial charge in [0.25, 0.3) is 0 Å². The standard InChI is InChI=1S/C22H25NO4/c1-22(14-27-2,21(25)26)23-20(24)9-5-6-15-10-11-17-13-16-7-3-4-8-18(16)19(17)12-15/h3-4,7-8,10-12H,5-6,9,13-14H2,1-2H3,(H,23,24)(H,25,26). The van der Waals surface area contributed by atoms with Crippen molar-refractivity contribution in [2.75, 3.05) is 13.7 Å². The Morgan fingerprint density at radius 2 is 1.89 bits per heavy atom. The van der Waals surface area contributed by atoms with Gasteiger partial charge in [-0.05, 0) is 54.0 Å². The summed E-state index contributed by atoms with van der Waals surface area (Å²) < 4.78 is 4.92. The highest BCUT2D eigenvalue weighted by Crippen LogP contribution is 2.36. The third-order valence-corrected chi connectivity index (χ3v) is 5.05. The van der Waals surface area contributed by atoms with Crippen LogP contribution in [-0.4, -0.2) is 36.2 Å². The molecule has 0 fully saturated rings. The van der Waals surface area contributed by atoms with Crippen LogP contribution in [0.3, 0.4) is 0 Å². The molecule has 2 N–H and O–H groups in total. The number of aryl methyl sites for hydroxylation is 1. The van der Waals surface area contributed by atoms with Crippen LogP contribution in [0.25, 0.3) is 11.1 Å². The molecule has 0 aromatic heterocycles. The topological polar surface area (TPSA) is 75.6 Å². The van der Waals surface area contributed by atoms with Crippen LogP contribution in [0.1, 0.15) is 36.5 Å². The molecule has 1 amide bonds. The average molecular weight is 367 g/mol. The van der Waals surface area contributed by atoms with Gasteiger partial charge in [-0.15, -0.1) is 0 Å². The SMILES string of the molecule is COCC(C)(NC(=O)CCCc1ccc2c(c1)-c1ccccc1C2)C(=O)O. The van der Waals surface area contributed by atoms with Crippen LogP contribution in [0, 0.1) is 0 Å². The zero-order valence-electron chi connectivity index (χ0n) is 15.7. The molecule has 0 saturated heterocycles. The quantitative estimate of drug-likeness (QED) is 0.641. The molecule has 142 valence electrons. The maximum absolute atomic E-state index is 12.1. The van der Waals surface area contributed by atoms with E-state index in [0.717, 1.165) is 12.8 Å². The lowest BCUT2D eigenvalue weighted by atomic mass is 9.99. The van der Waals surface area contributed by atoms with Gasteiger partial charge < -0.3 is 15.2 Å². The maximum Gasteiger partial charge on any atom is 0.331 e. The molecule has 3 rings (SSSR count). The molecule has 0 aliphatic heterocycles. The molecule has 1 aliphatic carbocycles. The summed E-state index contributed by atoms with van der Waals surface area (Å²) in [6.07, 6.45) is 2.69. The molecule has 5 heteroatoms. The number of nitrogens with one attached hydrogen (secondary N) is 1. The lowest BCUT2D eigenvalue weighted by molar-refractivity contribution is -0.149. The minimum Gasteiger partial charge on any atom is -0.479 e.